The lowest BCUT2D eigenvalue weighted by Gasteiger charge is -2.13. The van der Waals surface area contributed by atoms with Gasteiger partial charge in [-0.05, 0) is 48.5 Å². The second-order valence-electron chi connectivity index (χ2n) is 6.66. The van der Waals surface area contributed by atoms with E-state index in [9.17, 15) is 21.2 Å². The second-order valence-corrected chi connectivity index (χ2v) is 11.2. The molecule has 0 atom stereocenters. The molecule has 5 N–H and O–H groups in total. The predicted molar refractivity (Wildman–Crippen MR) is 120 cm³/mol. The zero-order chi connectivity index (χ0) is 23.0. The summed E-state index contributed by atoms with van der Waals surface area (Å²) in [5.74, 6) is -0.584. The van der Waals surface area contributed by atoms with E-state index in [4.69, 9.17) is 11.1 Å². The first-order chi connectivity index (χ1) is 14.4. The van der Waals surface area contributed by atoms with Gasteiger partial charge in [0.25, 0.3) is 10.0 Å². The average molecular weight is 527 g/mol. The third-order valence-electron chi connectivity index (χ3n) is 4.36. The first-order valence-corrected chi connectivity index (χ1v) is 12.9. The fraction of sp³-hybridized carbons (Fsp3) is 0.0500. The second kappa shape index (κ2) is 8.40. The molecule has 0 aliphatic carbocycles. The Morgan fingerprint density at radius 1 is 0.968 bits per heavy atom. The molecule has 3 aromatic rings. The molecule has 0 bridgehead atoms. The van der Waals surface area contributed by atoms with Gasteiger partial charge in [-0.25, -0.2) is 21.2 Å². The van der Waals surface area contributed by atoms with Crippen molar-refractivity contribution < 1.29 is 26.6 Å². The summed E-state index contributed by atoms with van der Waals surface area (Å²) in [6.45, 7) is 0. The van der Waals surface area contributed by atoms with Crippen molar-refractivity contribution in [1.29, 1.82) is 0 Å². The van der Waals surface area contributed by atoms with Crippen molar-refractivity contribution in [3.8, 4) is 0 Å². The van der Waals surface area contributed by atoms with Crippen LogP contribution in [0.5, 0.6) is 0 Å². The molecule has 0 aliphatic heterocycles. The third-order valence-corrected chi connectivity index (χ3v) is 7.57. The van der Waals surface area contributed by atoms with Crippen LogP contribution < -0.4 is 15.9 Å². The van der Waals surface area contributed by atoms with Crippen LogP contribution in [-0.2, 0) is 19.9 Å². The van der Waals surface area contributed by atoms with Crippen LogP contribution >= 0.6 is 15.9 Å². The van der Waals surface area contributed by atoms with Crippen molar-refractivity contribution in [2.45, 2.75) is 9.79 Å². The number of hydrogen-bond acceptors (Lipinski definition) is 5. The minimum atomic E-state index is -4.26. The number of halogens is 2. The first-order valence-electron chi connectivity index (χ1n) is 8.70. The van der Waals surface area contributed by atoms with Gasteiger partial charge in [-0.2, -0.15) is 0 Å². The van der Waals surface area contributed by atoms with E-state index in [-0.39, 0.29) is 33.1 Å². The normalized spacial score (nSPS) is 11.8. The molecule has 0 saturated heterocycles. The Kier molecular flexibility index (Phi) is 6.21. The van der Waals surface area contributed by atoms with Gasteiger partial charge >= 0.3 is 0 Å². The minimum Gasteiger partial charge on any atom is -0.398 e. The van der Waals surface area contributed by atoms with E-state index in [0.717, 1.165) is 6.26 Å². The van der Waals surface area contributed by atoms with Crippen LogP contribution in [0, 0.1) is 5.82 Å². The first kappa shape index (κ1) is 22.9. The lowest BCUT2D eigenvalue weighted by Crippen LogP contribution is -2.42. The summed E-state index contributed by atoms with van der Waals surface area (Å²) in [5, 5.41) is 6.12. The predicted octanol–water partition coefficient (Wildman–Crippen LogP) is 1.97. The van der Waals surface area contributed by atoms with Crippen molar-refractivity contribution >= 4 is 52.9 Å². The van der Waals surface area contributed by atoms with E-state index in [1.807, 2.05) is 0 Å². The molecule has 0 radical (unpaired) electrons. The molecule has 0 aromatic heterocycles. The third kappa shape index (κ3) is 4.94. The maximum absolute atomic E-state index is 14.3. The fourth-order valence-corrected chi connectivity index (χ4v) is 5.91. The van der Waals surface area contributed by atoms with Crippen LogP contribution in [0.25, 0.3) is 0 Å². The van der Waals surface area contributed by atoms with Gasteiger partial charge in [0, 0.05) is 22.1 Å². The van der Waals surface area contributed by atoms with E-state index < -0.39 is 30.6 Å². The van der Waals surface area contributed by atoms with Crippen molar-refractivity contribution in [2.75, 3.05) is 16.7 Å². The van der Waals surface area contributed by atoms with E-state index in [2.05, 4.69) is 20.7 Å². The molecule has 0 spiro atoms. The number of benzene rings is 3. The Hall–Kier alpha value is -2.76. The molecule has 7 nitrogen and oxygen atoms in total. The van der Waals surface area contributed by atoms with E-state index in [1.54, 1.807) is 6.07 Å². The molecule has 11 heteroatoms. The van der Waals surface area contributed by atoms with Crippen LogP contribution in [0.4, 0.5) is 15.8 Å². The molecular formula is C20H18BrFN3O4S2+. The lowest BCUT2D eigenvalue weighted by molar-refractivity contribution is -0.111. The van der Waals surface area contributed by atoms with Crippen LogP contribution in [0.15, 0.2) is 74.9 Å². The summed E-state index contributed by atoms with van der Waals surface area (Å²) >= 11 is 3.17. The zero-order valence-electron chi connectivity index (χ0n) is 16.1. The summed E-state index contributed by atoms with van der Waals surface area (Å²) in [6.07, 6.45) is 0.922. The standard InChI is InChI=1S/C20H17BrFN3O4S2/c1-30(26,27)18-4-2-3-5-19(18)31(28,29)25-13-7-9-17(23)15(11-13)20(24)14-8-6-12(21)10-16(14)22/h2-11,24-25H,23H2,1H3/p+1. The number of anilines is 2. The quantitative estimate of drug-likeness (QED) is 0.333. The van der Waals surface area contributed by atoms with Crippen molar-refractivity contribution in [3.63, 3.8) is 0 Å². The monoisotopic (exact) mass is 526 g/mol. The zero-order valence-corrected chi connectivity index (χ0v) is 19.4. The molecule has 3 aromatic carbocycles. The number of nitrogen functional groups attached to an aromatic ring is 1. The van der Waals surface area contributed by atoms with Crippen molar-refractivity contribution in [1.82, 2.24) is 0 Å². The molecule has 31 heavy (non-hydrogen) atoms. The molecule has 0 amide bonds. The van der Waals surface area contributed by atoms with Gasteiger partial charge in [0.05, 0.1) is 16.0 Å². The molecule has 3 rings (SSSR count). The highest BCUT2D eigenvalue weighted by molar-refractivity contribution is 9.10. The summed E-state index contributed by atoms with van der Waals surface area (Å²) in [6, 6.07) is 13.7. The number of sulfone groups is 1. The molecule has 0 saturated carbocycles. The highest BCUT2D eigenvalue weighted by Gasteiger charge is 2.25. The lowest BCUT2D eigenvalue weighted by atomic mass is 10.00. The van der Waals surface area contributed by atoms with Crippen molar-refractivity contribution in [3.05, 3.63) is 82.1 Å². The maximum atomic E-state index is 14.3. The van der Waals surface area contributed by atoms with Gasteiger partial charge in [-0.3, -0.25) is 10.1 Å². The van der Waals surface area contributed by atoms with Gasteiger partial charge in [-0.1, -0.05) is 28.1 Å². The van der Waals surface area contributed by atoms with Gasteiger partial charge in [0.2, 0.25) is 5.71 Å². The summed E-state index contributed by atoms with van der Waals surface area (Å²) in [4.78, 5) is -0.729. The molecule has 0 heterocycles. The molecule has 0 unspecified atom stereocenters. The van der Waals surface area contributed by atoms with Crippen LogP contribution in [0.1, 0.15) is 11.1 Å². The highest BCUT2D eigenvalue weighted by Crippen LogP contribution is 2.26. The van der Waals surface area contributed by atoms with E-state index >= 15 is 0 Å². The Morgan fingerprint density at radius 3 is 2.23 bits per heavy atom. The van der Waals surface area contributed by atoms with E-state index in [1.165, 1.54) is 54.6 Å². The average Bonchev–Trinajstić information content (AvgIpc) is 2.68. The summed E-state index contributed by atoms with van der Waals surface area (Å²) in [5.41, 5.74) is 6.59. The number of sulfonamides is 1. The van der Waals surface area contributed by atoms with Crippen LogP contribution in [0.2, 0.25) is 0 Å². The largest absolute Gasteiger partial charge is 0.398 e. The number of hydrogen-bond donors (Lipinski definition) is 3. The number of rotatable bonds is 6. The van der Waals surface area contributed by atoms with Crippen molar-refractivity contribution in [2.24, 2.45) is 0 Å². The molecular weight excluding hydrogens is 509 g/mol. The maximum Gasteiger partial charge on any atom is 0.263 e. The Balaban J connectivity index is 2.02. The van der Waals surface area contributed by atoms with Gasteiger partial charge in [0.1, 0.15) is 10.7 Å². The fourth-order valence-electron chi connectivity index (χ4n) is 2.89. The highest BCUT2D eigenvalue weighted by atomic mass is 79.9. The Labute approximate surface area is 187 Å². The molecule has 0 fully saturated rings. The SMILES string of the molecule is CS(=O)(=O)c1ccccc1S(=O)(=O)Nc1ccc(N)c(C(=[NH2+])c2ccc(Br)cc2F)c1. The summed E-state index contributed by atoms with van der Waals surface area (Å²) < 4.78 is 66.9. The van der Waals surface area contributed by atoms with Gasteiger partial charge in [-0.15, -0.1) is 0 Å². The van der Waals surface area contributed by atoms with Gasteiger partial charge < -0.3 is 5.73 Å². The van der Waals surface area contributed by atoms with Crippen LogP contribution in [0.3, 0.4) is 0 Å². The molecule has 162 valence electrons. The van der Waals surface area contributed by atoms with Gasteiger partial charge in [0.15, 0.2) is 9.84 Å². The smallest absolute Gasteiger partial charge is 0.263 e. The van der Waals surface area contributed by atoms with Crippen LogP contribution in [-0.4, -0.2) is 28.8 Å². The van der Waals surface area contributed by atoms with E-state index in [0.29, 0.717) is 4.47 Å². The Bertz CT molecular complexity index is 1410. The number of nitrogens with one attached hydrogen (secondary N) is 1. The molecule has 0 aliphatic rings. The minimum absolute atomic E-state index is 0.0140. The summed E-state index contributed by atoms with van der Waals surface area (Å²) in [7, 11) is -8.05. The number of nitrogens with two attached hydrogens (primary N) is 2. The Morgan fingerprint density at radius 2 is 1.61 bits per heavy atom. The topological polar surface area (TPSA) is 132 Å².